The average Bonchev–Trinajstić information content (AvgIpc) is 2.81. The van der Waals surface area contributed by atoms with Gasteiger partial charge in [0, 0.05) is 22.5 Å². The number of rotatable bonds is 4. The van der Waals surface area contributed by atoms with E-state index in [2.05, 4.69) is 34.9 Å². The van der Waals surface area contributed by atoms with Gasteiger partial charge >= 0.3 is 59.1 Å². The first kappa shape index (κ1) is 31.1. The van der Waals surface area contributed by atoms with Gasteiger partial charge in [0.2, 0.25) is 0 Å². The van der Waals surface area contributed by atoms with Crippen molar-refractivity contribution in [3.05, 3.63) is 109 Å². The number of benzene rings is 4. The molecule has 2 N–H and O–H groups in total. The molecule has 0 spiro atoms. The van der Waals surface area contributed by atoms with Crippen molar-refractivity contribution in [1.29, 1.82) is 0 Å². The molecular weight excluding hydrogens is 515 g/mol. The van der Waals surface area contributed by atoms with Crippen molar-refractivity contribution < 1.29 is 59.1 Å². The molecule has 0 saturated carbocycles. The summed E-state index contributed by atoms with van der Waals surface area (Å²) in [6.07, 6.45) is 0. The van der Waals surface area contributed by atoms with Gasteiger partial charge in [-0.05, 0) is 23.3 Å². The van der Waals surface area contributed by atoms with Crippen LogP contribution in [-0.4, -0.2) is 8.64 Å². The molecule has 4 rings (SSSR count). The van der Waals surface area contributed by atoms with Crippen LogP contribution in [-0.2, 0) is 25.3 Å². The van der Waals surface area contributed by atoms with Gasteiger partial charge in [-0.25, -0.2) is 0 Å². The zero-order chi connectivity index (χ0) is 22.8. The van der Waals surface area contributed by atoms with E-state index in [0.29, 0.717) is 8.64 Å². The monoisotopic (exact) mass is 534 g/mol. The molecule has 4 aromatic carbocycles. The fourth-order valence-electron chi connectivity index (χ4n) is 3.14. The Kier molecular flexibility index (Phi) is 15.3. The fraction of sp³-hybridized carbons (Fsp3) is 0. The molecule has 0 aromatic heterocycles. The first-order valence-electron chi connectivity index (χ1n) is 9.79. The SMILES string of the molecule is S=C([S-])Nc1ccccc1-c1ccccc1.S=C([S-])Nc1ccccc1-c1ccccc1.[Na+].[Na+]. The topological polar surface area (TPSA) is 24.1 Å². The van der Waals surface area contributed by atoms with E-state index >= 15 is 0 Å². The molecule has 0 aliphatic carbocycles. The van der Waals surface area contributed by atoms with Crippen molar-refractivity contribution in [1.82, 2.24) is 0 Å². The van der Waals surface area contributed by atoms with E-state index in [1.807, 2.05) is 84.9 Å². The van der Waals surface area contributed by atoms with Crippen LogP contribution < -0.4 is 69.7 Å². The van der Waals surface area contributed by atoms with Gasteiger partial charge in [0.1, 0.15) is 0 Å². The second kappa shape index (κ2) is 16.7. The van der Waals surface area contributed by atoms with Crippen LogP contribution in [0.2, 0.25) is 0 Å². The van der Waals surface area contributed by atoms with Crippen molar-refractivity contribution in [3.8, 4) is 22.3 Å². The van der Waals surface area contributed by atoms with Crippen LogP contribution >= 0.6 is 24.4 Å². The number of para-hydroxylation sites is 2. The molecule has 34 heavy (non-hydrogen) atoms. The Labute approximate surface area is 267 Å². The Morgan fingerprint density at radius 2 is 0.765 bits per heavy atom. The van der Waals surface area contributed by atoms with Crippen LogP contribution in [0.25, 0.3) is 22.3 Å². The van der Waals surface area contributed by atoms with Gasteiger partial charge in [-0.1, -0.05) is 106 Å². The third kappa shape index (κ3) is 9.99. The van der Waals surface area contributed by atoms with Crippen LogP contribution in [0, 0.1) is 0 Å². The van der Waals surface area contributed by atoms with Gasteiger partial charge in [-0.2, -0.15) is 0 Å². The number of nitrogens with one attached hydrogen (secondary N) is 2. The molecule has 0 atom stereocenters. The molecule has 0 bridgehead atoms. The van der Waals surface area contributed by atoms with E-state index in [1.54, 1.807) is 0 Å². The Hall–Kier alpha value is -0.900. The first-order valence-corrected chi connectivity index (χ1v) is 11.4. The number of hydrogen-bond acceptors (Lipinski definition) is 4. The minimum atomic E-state index is 0. The largest absolute Gasteiger partial charge is 1.00 e. The summed E-state index contributed by atoms with van der Waals surface area (Å²) in [5, 5.41) is 6.04. The molecule has 2 nitrogen and oxygen atoms in total. The number of anilines is 2. The molecule has 0 aliphatic heterocycles. The first-order chi connectivity index (χ1) is 15.5. The van der Waals surface area contributed by atoms with Crippen molar-refractivity contribution in [3.63, 3.8) is 0 Å². The zero-order valence-electron chi connectivity index (χ0n) is 19.0. The summed E-state index contributed by atoms with van der Waals surface area (Å²) in [6, 6.07) is 36.3. The van der Waals surface area contributed by atoms with Gasteiger partial charge in [-0.3, -0.25) is 0 Å². The third-order valence-corrected chi connectivity index (χ3v) is 4.91. The standard InChI is InChI=1S/2C13H11NS2.2Na/c2*15-13(16)14-12-9-5-4-8-11(12)10-6-2-1-3-7-10;;/h2*1-9H,(H2,14,15,16);;/q;;2*+1/p-2. The van der Waals surface area contributed by atoms with E-state index in [4.69, 9.17) is 49.7 Å². The molecule has 0 saturated heterocycles. The van der Waals surface area contributed by atoms with Gasteiger partial charge in [-0.15, -0.1) is 0 Å². The van der Waals surface area contributed by atoms with E-state index in [-0.39, 0.29) is 59.1 Å². The Morgan fingerprint density at radius 1 is 0.471 bits per heavy atom. The Bertz CT molecular complexity index is 1090. The van der Waals surface area contributed by atoms with Crippen molar-refractivity contribution in [2.45, 2.75) is 0 Å². The second-order valence-electron chi connectivity index (χ2n) is 6.65. The van der Waals surface area contributed by atoms with Crippen LogP contribution in [0.3, 0.4) is 0 Å². The molecule has 0 unspecified atom stereocenters. The predicted molar refractivity (Wildman–Crippen MR) is 151 cm³/mol. The van der Waals surface area contributed by atoms with E-state index in [0.717, 1.165) is 33.6 Å². The number of hydrogen-bond donors (Lipinski definition) is 2. The summed E-state index contributed by atoms with van der Waals surface area (Å²) in [6.45, 7) is 0. The molecule has 0 heterocycles. The maximum Gasteiger partial charge on any atom is 1.00 e. The summed E-state index contributed by atoms with van der Waals surface area (Å²) < 4.78 is 0.728. The Morgan fingerprint density at radius 3 is 1.09 bits per heavy atom. The zero-order valence-corrected chi connectivity index (χ0v) is 26.3. The predicted octanol–water partition coefficient (Wildman–Crippen LogP) is 1.20. The van der Waals surface area contributed by atoms with Crippen molar-refractivity contribution in [2.75, 3.05) is 10.6 Å². The summed E-state index contributed by atoms with van der Waals surface area (Å²) in [7, 11) is 0. The molecule has 4 aromatic rings. The minimum Gasteiger partial charge on any atom is -0.411 e. The molecule has 0 amide bonds. The van der Waals surface area contributed by atoms with Gasteiger partial charge in [0.15, 0.2) is 0 Å². The van der Waals surface area contributed by atoms with Crippen LogP contribution in [0.4, 0.5) is 11.4 Å². The summed E-state index contributed by atoms with van der Waals surface area (Å²) in [4.78, 5) is 0. The van der Waals surface area contributed by atoms with Crippen LogP contribution in [0.15, 0.2) is 109 Å². The maximum absolute atomic E-state index is 4.89. The third-order valence-electron chi connectivity index (χ3n) is 4.50. The molecular formula is C26H20N2Na2S4. The second-order valence-corrected chi connectivity index (χ2v) is 8.80. The molecule has 160 valence electrons. The van der Waals surface area contributed by atoms with Crippen molar-refractivity contribution >= 4 is 69.7 Å². The van der Waals surface area contributed by atoms with E-state index in [1.165, 1.54) is 0 Å². The normalized spacial score (nSPS) is 9.18. The fourth-order valence-corrected chi connectivity index (χ4v) is 3.58. The summed E-state index contributed by atoms with van der Waals surface area (Å²) >= 11 is 19.6. The van der Waals surface area contributed by atoms with Gasteiger partial charge in [0.05, 0.1) is 0 Å². The molecule has 0 aliphatic rings. The van der Waals surface area contributed by atoms with Crippen LogP contribution in [0.1, 0.15) is 0 Å². The minimum absolute atomic E-state index is 0. The summed E-state index contributed by atoms with van der Waals surface area (Å²) in [5.41, 5.74) is 6.42. The summed E-state index contributed by atoms with van der Waals surface area (Å²) in [5.74, 6) is 0. The Balaban J connectivity index is 0.000000321. The molecule has 0 fully saturated rings. The number of thiocarbonyl (C=S) groups is 2. The van der Waals surface area contributed by atoms with Gasteiger partial charge in [0.25, 0.3) is 0 Å². The molecule has 0 radical (unpaired) electrons. The van der Waals surface area contributed by atoms with E-state index < -0.39 is 0 Å². The van der Waals surface area contributed by atoms with Crippen LogP contribution in [0.5, 0.6) is 0 Å². The average molecular weight is 535 g/mol. The van der Waals surface area contributed by atoms with Crippen molar-refractivity contribution in [2.24, 2.45) is 0 Å². The van der Waals surface area contributed by atoms with Gasteiger partial charge < -0.3 is 60.3 Å². The van der Waals surface area contributed by atoms with E-state index in [9.17, 15) is 0 Å². The molecule has 8 heteroatoms. The maximum atomic E-state index is 4.89. The quantitative estimate of drug-likeness (QED) is 0.232. The smallest absolute Gasteiger partial charge is 0.411 e.